The van der Waals surface area contributed by atoms with E-state index < -0.39 is 0 Å². The summed E-state index contributed by atoms with van der Waals surface area (Å²) in [5.74, 6) is 0.767. The molecule has 4 nitrogen and oxygen atoms in total. The second kappa shape index (κ2) is 6.43. The summed E-state index contributed by atoms with van der Waals surface area (Å²) in [5.41, 5.74) is 0.751. The fourth-order valence-electron chi connectivity index (χ4n) is 1.78. The Hall–Kier alpha value is -2.01. The van der Waals surface area contributed by atoms with Gasteiger partial charge in [-0.05, 0) is 42.6 Å². The maximum absolute atomic E-state index is 12.2. The summed E-state index contributed by atoms with van der Waals surface area (Å²) in [6, 6.07) is 11.2. The van der Waals surface area contributed by atoms with Gasteiger partial charge in [0.25, 0.3) is 0 Å². The van der Waals surface area contributed by atoms with Crippen molar-refractivity contribution in [1.29, 1.82) is 0 Å². The van der Waals surface area contributed by atoms with Crippen LogP contribution in [0.1, 0.15) is 17.8 Å². The number of carbonyl (C=O) groups is 1. The maximum Gasteiger partial charge on any atom is 0.322 e. The third kappa shape index (κ3) is 3.30. The van der Waals surface area contributed by atoms with Gasteiger partial charge in [0.05, 0.1) is 13.2 Å². The lowest BCUT2D eigenvalue weighted by molar-refractivity contribution is 0.209. The molecule has 0 aliphatic carbocycles. The molecule has 2 amide bonds. The van der Waals surface area contributed by atoms with E-state index in [1.807, 2.05) is 48.7 Å². The van der Waals surface area contributed by atoms with Crippen LogP contribution in [0.4, 0.5) is 10.5 Å². The Morgan fingerprint density at radius 2 is 2.00 bits per heavy atom. The lowest BCUT2D eigenvalue weighted by atomic mass is 10.2. The van der Waals surface area contributed by atoms with Crippen LogP contribution in [0.25, 0.3) is 0 Å². The summed E-state index contributed by atoms with van der Waals surface area (Å²) in [5, 5.41) is 4.89. The van der Waals surface area contributed by atoms with Crippen LogP contribution in [-0.4, -0.2) is 25.1 Å². The monoisotopic (exact) mass is 290 g/mol. The molecule has 0 saturated heterocycles. The number of nitrogens with one attached hydrogen (secondary N) is 1. The van der Waals surface area contributed by atoms with Crippen LogP contribution >= 0.6 is 11.3 Å². The molecule has 2 aromatic rings. The fraction of sp³-hybridized carbons (Fsp3) is 0.267. The average molecular weight is 290 g/mol. The molecule has 2 rings (SSSR count). The number of rotatable bonds is 4. The summed E-state index contributed by atoms with van der Waals surface area (Å²) in [6.07, 6.45) is 0. The molecular weight excluding hydrogens is 272 g/mol. The average Bonchev–Trinajstić information content (AvgIpc) is 3.00. The molecular formula is C15H18N2O2S. The number of anilines is 1. The highest BCUT2D eigenvalue weighted by atomic mass is 32.1. The minimum absolute atomic E-state index is 0.0493. The first-order chi connectivity index (χ1) is 9.61. The molecule has 0 fully saturated rings. The Morgan fingerprint density at radius 3 is 2.55 bits per heavy atom. The number of methoxy groups -OCH3 is 1. The Balaban J connectivity index is 2.00. The molecule has 1 aromatic carbocycles. The van der Waals surface area contributed by atoms with E-state index in [9.17, 15) is 4.79 Å². The van der Waals surface area contributed by atoms with E-state index in [1.54, 1.807) is 30.4 Å². The van der Waals surface area contributed by atoms with Gasteiger partial charge in [-0.1, -0.05) is 6.07 Å². The SMILES string of the molecule is COc1ccc(NC(=O)N(C)C(C)c2cccs2)cc1. The van der Waals surface area contributed by atoms with Gasteiger partial charge in [0.1, 0.15) is 5.75 Å². The number of hydrogen-bond acceptors (Lipinski definition) is 3. The van der Waals surface area contributed by atoms with Gasteiger partial charge in [0.2, 0.25) is 0 Å². The number of ether oxygens (including phenoxy) is 1. The molecule has 1 unspecified atom stereocenters. The van der Waals surface area contributed by atoms with Crippen molar-refractivity contribution in [3.8, 4) is 5.75 Å². The van der Waals surface area contributed by atoms with E-state index in [2.05, 4.69) is 5.32 Å². The summed E-state index contributed by atoms with van der Waals surface area (Å²) in [4.78, 5) is 15.0. The lowest BCUT2D eigenvalue weighted by Gasteiger charge is -2.24. The van der Waals surface area contributed by atoms with Crippen LogP contribution in [0.3, 0.4) is 0 Å². The van der Waals surface area contributed by atoms with Crippen LogP contribution in [-0.2, 0) is 0 Å². The van der Waals surface area contributed by atoms with Gasteiger partial charge in [0.15, 0.2) is 0 Å². The molecule has 1 N–H and O–H groups in total. The third-order valence-electron chi connectivity index (χ3n) is 3.20. The first-order valence-electron chi connectivity index (χ1n) is 6.33. The van der Waals surface area contributed by atoms with Gasteiger partial charge in [0, 0.05) is 17.6 Å². The fourth-order valence-corrected chi connectivity index (χ4v) is 2.61. The van der Waals surface area contributed by atoms with Crippen molar-refractivity contribution in [3.63, 3.8) is 0 Å². The van der Waals surface area contributed by atoms with Crippen molar-refractivity contribution in [2.75, 3.05) is 19.5 Å². The van der Waals surface area contributed by atoms with Gasteiger partial charge in [-0.3, -0.25) is 0 Å². The van der Waals surface area contributed by atoms with E-state index in [4.69, 9.17) is 4.74 Å². The zero-order valence-electron chi connectivity index (χ0n) is 11.8. The van der Waals surface area contributed by atoms with E-state index in [0.29, 0.717) is 0 Å². The van der Waals surface area contributed by atoms with Crippen molar-refractivity contribution in [2.45, 2.75) is 13.0 Å². The molecule has 0 radical (unpaired) electrons. The Morgan fingerprint density at radius 1 is 1.30 bits per heavy atom. The highest BCUT2D eigenvalue weighted by Crippen LogP contribution is 2.24. The van der Waals surface area contributed by atoms with Crippen LogP contribution in [0.15, 0.2) is 41.8 Å². The normalized spacial score (nSPS) is 11.8. The van der Waals surface area contributed by atoms with E-state index in [-0.39, 0.29) is 12.1 Å². The Kier molecular flexibility index (Phi) is 4.63. The number of amides is 2. The van der Waals surface area contributed by atoms with Gasteiger partial charge in [-0.15, -0.1) is 11.3 Å². The zero-order valence-corrected chi connectivity index (χ0v) is 12.6. The molecule has 0 aliphatic heterocycles. The number of hydrogen-bond donors (Lipinski definition) is 1. The number of urea groups is 1. The zero-order chi connectivity index (χ0) is 14.5. The molecule has 5 heteroatoms. The Bertz CT molecular complexity index is 552. The van der Waals surface area contributed by atoms with Gasteiger partial charge < -0.3 is 15.0 Å². The summed E-state index contributed by atoms with van der Waals surface area (Å²) < 4.78 is 5.09. The Labute approximate surface area is 123 Å². The molecule has 0 bridgehead atoms. The first-order valence-corrected chi connectivity index (χ1v) is 7.21. The van der Waals surface area contributed by atoms with Crippen molar-refractivity contribution in [2.24, 2.45) is 0 Å². The van der Waals surface area contributed by atoms with Crippen LogP contribution in [0.5, 0.6) is 5.75 Å². The van der Waals surface area contributed by atoms with Crippen LogP contribution in [0, 0.1) is 0 Å². The number of nitrogens with zero attached hydrogens (tertiary/aromatic N) is 1. The molecule has 20 heavy (non-hydrogen) atoms. The largest absolute Gasteiger partial charge is 0.497 e. The molecule has 0 spiro atoms. The first kappa shape index (κ1) is 14.4. The van der Waals surface area contributed by atoms with Gasteiger partial charge >= 0.3 is 6.03 Å². The third-order valence-corrected chi connectivity index (χ3v) is 4.24. The maximum atomic E-state index is 12.2. The minimum atomic E-state index is -0.129. The second-order valence-electron chi connectivity index (χ2n) is 4.46. The summed E-state index contributed by atoms with van der Waals surface area (Å²) >= 11 is 1.65. The number of benzene rings is 1. The van der Waals surface area contributed by atoms with Crippen molar-refractivity contribution < 1.29 is 9.53 Å². The summed E-state index contributed by atoms with van der Waals surface area (Å²) in [6.45, 7) is 2.01. The van der Waals surface area contributed by atoms with Gasteiger partial charge in [-0.25, -0.2) is 4.79 Å². The van der Waals surface area contributed by atoms with Crippen LogP contribution < -0.4 is 10.1 Å². The topological polar surface area (TPSA) is 41.6 Å². The van der Waals surface area contributed by atoms with Crippen molar-refractivity contribution in [1.82, 2.24) is 4.90 Å². The standard InChI is InChI=1S/C15H18N2O2S/c1-11(14-5-4-10-20-14)17(2)15(18)16-12-6-8-13(19-3)9-7-12/h4-11H,1-3H3,(H,16,18). The van der Waals surface area contributed by atoms with Crippen molar-refractivity contribution in [3.05, 3.63) is 46.7 Å². The molecule has 1 atom stereocenters. The quantitative estimate of drug-likeness (QED) is 0.925. The van der Waals surface area contributed by atoms with Crippen molar-refractivity contribution >= 4 is 23.1 Å². The molecule has 0 aliphatic rings. The molecule has 1 heterocycles. The summed E-state index contributed by atoms with van der Waals surface area (Å²) in [7, 11) is 3.41. The minimum Gasteiger partial charge on any atom is -0.497 e. The molecule has 0 saturated carbocycles. The second-order valence-corrected chi connectivity index (χ2v) is 5.44. The molecule has 106 valence electrons. The van der Waals surface area contributed by atoms with Crippen LogP contribution in [0.2, 0.25) is 0 Å². The lowest BCUT2D eigenvalue weighted by Crippen LogP contribution is -2.33. The predicted molar refractivity (Wildman–Crippen MR) is 82.5 cm³/mol. The highest BCUT2D eigenvalue weighted by Gasteiger charge is 2.18. The number of thiophene rings is 1. The molecule has 1 aromatic heterocycles. The van der Waals surface area contributed by atoms with E-state index in [1.165, 1.54) is 0 Å². The van der Waals surface area contributed by atoms with E-state index >= 15 is 0 Å². The number of carbonyl (C=O) groups excluding carboxylic acids is 1. The van der Waals surface area contributed by atoms with Gasteiger partial charge in [-0.2, -0.15) is 0 Å². The van der Waals surface area contributed by atoms with E-state index in [0.717, 1.165) is 16.3 Å². The predicted octanol–water partition coefficient (Wildman–Crippen LogP) is 3.98. The smallest absolute Gasteiger partial charge is 0.322 e. The highest BCUT2D eigenvalue weighted by molar-refractivity contribution is 7.10.